The Balaban J connectivity index is 1.54. The summed E-state index contributed by atoms with van der Waals surface area (Å²) in [7, 11) is 0. The van der Waals surface area contributed by atoms with Crippen molar-refractivity contribution >= 4 is 29.0 Å². The van der Waals surface area contributed by atoms with E-state index in [2.05, 4.69) is 20.1 Å². The summed E-state index contributed by atoms with van der Waals surface area (Å²) in [6.07, 6.45) is 7.01. The van der Waals surface area contributed by atoms with Gasteiger partial charge in [0, 0.05) is 17.8 Å². The maximum Gasteiger partial charge on any atom is 0.306 e. The molecule has 1 aromatic carbocycles. The molecule has 1 fully saturated rings. The molecular weight excluding hydrogens is 437 g/mol. The smallest absolute Gasteiger partial charge is 0.306 e. The number of aromatic nitrogens is 3. The summed E-state index contributed by atoms with van der Waals surface area (Å²) in [5.41, 5.74) is -0.538. The molecule has 0 spiro atoms. The van der Waals surface area contributed by atoms with Crippen molar-refractivity contribution in [3.05, 3.63) is 52.5 Å². The van der Waals surface area contributed by atoms with Gasteiger partial charge >= 0.3 is 5.69 Å². The van der Waals surface area contributed by atoms with Crippen molar-refractivity contribution in [1.82, 2.24) is 14.8 Å². The predicted octanol–water partition coefficient (Wildman–Crippen LogP) is 5.21. The van der Waals surface area contributed by atoms with Crippen molar-refractivity contribution in [3.8, 4) is 11.6 Å². The van der Waals surface area contributed by atoms with Gasteiger partial charge in [0.05, 0.1) is 16.4 Å². The maximum absolute atomic E-state index is 13.6. The summed E-state index contributed by atoms with van der Waals surface area (Å²) in [6.45, 7) is 1.71. The normalized spacial score (nSPS) is 15.4. The van der Waals surface area contributed by atoms with Crippen LogP contribution in [-0.4, -0.2) is 30.8 Å². The molecule has 2 heterocycles. The first-order chi connectivity index (χ1) is 15.4. The third-order valence-electron chi connectivity index (χ3n) is 5.41. The minimum Gasteiger partial charge on any atom is -0.461 e. The Labute approximate surface area is 187 Å². The molecule has 32 heavy (non-hydrogen) atoms. The Morgan fingerprint density at radius 2 is 2.09 bits per heavy atom. The monoisotopic (exact) mass is 459 g/mol. The summed E-state index contributed by atoms with van der Waals surface area (Å²) < 4.78 is 21.1. The SMILES string of the molecule is CC(Sc1nnc(-c2ccco2)n1C1CCCCC1)C(=O)Nc1ccc(F)c([N+](=O)[O-])c1. The molecule has 1 aliphatic carbocycles. The minimum atomic E-state index is -0.957. The van der Waals surface area contributed by atoms with Crippen LogP contribution in [0.3, 0.4) is 0 Å². The minimum absolute atomic E-state index is 0.153. The number of furan rings is 1. The van der Waals surface area contributed by atoms with Gasteiger partial charge in [0.1, 0.15) is 0 Å². The number of nitro groups is 1. The zero-order valence-corrected chi connectivity index (χ0v) is 18.2. The van der Waals surface area contributed by atoms with Crippen LogP contribution in [0.4, 0.5) is 15.8 Å². The highest BCUT2D eigenvalue weighted by Crippen LogP contribution is 2.37. The van der Waals surface area contributed by atoms with E-state index in [1.807, 2.05) is 6.07 Å². The van der Waals surface area contributed by atoms with E-state index < -0.39 is 21.7 Å². The van der Waals surface area contributed by atoms with Gasteiger partial charge in [-0.05, 0) is 44.0 Å². The van der Waals surface area contributed by atoms with Gasteiger partial charge in [0.15, 0.2) is 10.9 Å². The summed E-state index contributed by atoms with van der Waals surface area (Å²) in [6, 6.07) is 7.09. The first-order valence-corrected chi connectivity index (χ1v) is 11.2. The lowest BCUT2D eigenvalue weighted by atomic mass is 9.95. The summed E-state index contributed by atoms with van der Waals surface area (Å²) in [5.74, 6) is -0.0908. The highest BCUT2D eigenvalue weighted by Gasteiger charge is 2.27. The molecule has 2 aromatic heterocycles. The zero-order valence-electron chi connectivity index (χ0n) is 17.4. The Bertz CT molecular complexity index is 1110. The molecule has 3 aromatic rings. The second-order valence-corrected chi connectivity index (χ2v) is 8.93. The number of anilines is 1. The van der Waals surface area contributed by atoms with Crippen LogP contribution in [0, 0.1) is 15.9 Å². The number of hydrogen-bond acceptors (Lipinski definition) is 7. The van der Waals surface area contributed by atoms with Crippen LogP contribution in [-0.2, 0) is 4.79 Å². The molecule has 0 bridgehead atoms. The number of halogens is 1. The molecule has 0 saturated heterocycles. The average Bonchev–Trinajstić information content (AvgIpc) is 3.45. The van der Waals surface area contributed by atoms with E-state index in [0.717, 1.165) is 37.8 Å². The van der Waals surface area contributed by atoms with Gasteiger partial charge in [-0.15, -0.1) is 10.2 Å². The van der Waals surface area contributed by atoms with Gasteiger partial charge in [0.2, 0.25) is 17.5 Å². The number of hydrogen-bond donors (Lipinski definition) is 1. The molecule has 4 rings (SSSR count). The molecule has 0 aliphatic heterocycles. The lowest BCUT2D eigenvalue weighted by Gasteiger charge is -2.25. The molecule has 1 aliphatic rings. The molecular formula is C21H22FN5O4S. The van der Waals surface area contributed by atoms with Crippen molar-refractivity contribution in [2.45, 2.75) is 55.5 Å². The largest absolute Gasteiger partial charge is 0.461 e. The first-order valence-electron chi connectivity index (χ1n) is 10.3. The van der Waals surface area contributed by atoms with Gasteiger partial charge in [-0.3, -0.25) is 19.5 Å². The number of amides is 1. The van der Waals surface area contributed by atoms with Crippen LogP contribution in [0.15, 0.2) is 46.2 Å². The van der Waals surface area contributed by atoms with Crippen LogP contribution < -0.4 is 5.32 Å². The standard InChI is InChI=1S/C21H22FN5O4S/c1-13(20(28)23-14-9-10-16(22)17(12-14)27(29)30)32-21-25-24-19(18-8-5-11-31-18)26(21)15-6-3-2-4-7-15/h5,8-13,15H,2-4,6-7H2,1H3,(H,23,28). The quantitative estimate of drug-likeness (QED) is 0.293. The van der Waals surface area contributed by atoms with Gasteiger partial charge in [-0.2, -0.15) is 4.39 Å². The van der Waals surface area contributed by atoms with Crippen LogP contribution in [0.25, 0.3) is 11.6 Å². The van der Waals surface area contributed by atoms with Crippen LogP contribution in [0.2, 0.25) is 0 Å². The van der Waals surface area contributed by atoms with Crippen molar-refractivity contribution in [2.75, 3.05) is 5.32 Å². The predicted molar refractivity (Wildman–Crippen MR) is 117 cm³/mol. The van der Waals surface area contributed by atoms with Gasteiger partial charge < -0.3 is 9.73 Å². The number of carbonyl (C=O) groups excluding carboxylic acids is 1. The zero-order chi connectivity index (χ0) is 22.7. The van der Waals surface area contributed by atoms with E-state index in [-0.39, 0.29) is 17.6 Å². The third kappa shape index (κ3) is 4.67. The number of nitro benzene ring substituents is 1. The summed E-state index contributed by atoms with van der Waals surface area (Å²) >= 11 is 1.25. The fourth-order valence-electron chi connectivity index (χ4n) is 3.79. The lowest BCUT2D eigenvalue weighted by molar-refractivity contribution is -0.387. The van der Waals surface area contributed by atoms with E-state index in [4.69, 9.17) is 4.42 Å². The van der Waals surface area contributed by atoms with Crippen molar-refractivity contribution in [3.63, 3.8) is 0 Å². The van der Waals surface area contributed by atoms with E-state index >= 15 is 0 Å². The lowest BCUT2D eigenvalue weighted by Crippen LogP contribution is -2.23. The van der Waals surface area contributed by atoms with Crippen molar-refractivity contribution < 1.29 is 18.5 Å². The Hall–Kier alpha value is -3.21. The molecule has 0 radical (unpaired) electrons. The topological polar surface area (TPSA) is 116 Å². The van der Waals surface area contributed by atoms with Crippen molar-refractivity contribution in [1.29, 1.82) is 0 Å². The van der Waals surface area contributed by atoms with Crippen LogP contribution >= 0.6 is 11.8 Å². The molecule has 1 saturated carbocycles. The fraction of sp³-hybridized carbons (Fsp3) is 0.381. The second-order valence-electron chi connectivity index (χ2n) is 7.62. The molecule has 11 heteroatoms. The van der Waals surface area contributed by atoms with E-state index in [1.165, 1.54) is 24.2 Å². The molecule has 1 unspecified atom stereocenters. The summed E-state index contributed by atoms with van der Waals surface area (Å²) in [5, 5.41) is 22.2. The molecule has 1 amide bonds. The van der Waals surface area contributed by atoms with E-state index in [9.17, 15) is 19.3 Å². The van der Waals surface area contributed by atoms with E-state index in [0.29, 0.717) is 16.7 Å². The maximum atomic E-state index is 13.6. The van der Waals surface area contributed by atoms with Gasteiger partial charge in [-0.1, -0.05) is 31.0 Å². The number of thioether (sulfide) groups is 1. The highest BCUT2D eigenvalue weighted by atomic mass is 32.2. The highest BCUT2D eigenvalue weighted by molar-refractivity contribution is 8.00. The number of rotatable bonds is 7. The number of nitrogens with one attached hydrogen (secondary N) is 1. The third-order valence-corrected chi connectivity index (χ3v) is 6.46. The van der Waals surface area contributed by atoms with Crippen molar-refractivity contribution in [2.24, 2.45) is 0 Å². The second kappa shape index (κ2) is 9.51. The fourth-order valence-corrected chi connectivity index (χ4v) is 4.70. The van der Waals surface area contributed by atoms with Crippen LogP contribution in [0.5, 0.6) is 0 Å². The number of nitrogens with zero attached hydrogens (tertiary/aromatic N) is 4. The molecule has 168 valence electrons. The Kier molecular flexibility index (Phi) is 6.54. The summed E-state index contributed by atoms with van der Waals surface area (Å²) in [4.78, 5) is 22.9. The number of benzene rings is 1. The van der Waals surface area contributed by atoms with Gasteiger partial charge in [-0.25, -0.2) is 0 Å². The first kappa shape index (κ1) is 22.0. The van der Waals surface area contributed by atoms with Gasteiger partial charge in [0.25, 0.3) is 0 Å². The molecule has 1 atom stereocenters. The molecule has 9 nitrogen and oxygen atoms in total. The molecule has 1 N–H and O–H groups in total. The van der Waals surface area contributed by atoms with Crippen LogP contribution in [0.1, 0.15) is 45.1 Å². The van der Waals surface area contributed by atoms with E-state index in [1.54, 1.807) is 19.3 Å². The Morgan fingerprint density at radius 3 is 2.78 bits per heavy atom. The Morgan fingerprint density at radius 1 is 1.31 bits per heavy atom. The number of carbonyl (C=O) groups is 1. The average molecular weight is 460 g/mol.